The van der Waals surface area contributed by atoms with Crippen molar-refractivity contribution in [3.63, 3.8) is 0 Å². The molecule has 1 aliphatic heterocycles. The Labute approximate surface area is 161 Å². The van der Waals surface area contributed by atoms with Crippen LogP contribution in [-0.2, 0) is 19.6 Å². The maximum Gasteiger partial charge on any atom is 0.323 e. The van der Waals surface area contributed by atoms with Gasteiger partial charge < -0.3 is 14.6 Å². The van der Waals surface area contributed by atoms with Crippen LogP contribution < -0.4 is 19.1 Å². The second kappa shape index (κ2) is 7.77. The van der Waals surface area contributed by atoms with E-state index in [0.29, 0.717) is 18.0 Å². The first-order valence-corrected chi connectivity index (χ1v) is 9.83. The molecule has 0 unspecified atom stereocenters. The Kier molecular flexibility index (Phi) is 5.41. The van der Waals surface area contributed by atoms with Gasteiger partial charge in [-0.05, 0) is 49.4 Å². The van der Waals surface area contributed by atoms with Gasteiger partial charge in [0.1, 0.15) is 18.0 Å². The van der Waals surface area contributed by atoms with Gasteiger partial charge in [-0.25, -0.2) is 8.42 Å². The summed E-state index contributed by atoms with van der Waals surface area (Å²) in [6.07, 6.45) is 0. The molecular formula is C18H18N2O7S. The molecule has 148 valence electrons. The molecule has 10 heteroatoms. The van der Waals surface area contributed by atoms with Crippen molar-refractivity contribution in [2.45, 2.75) is 11.8 Å². The molecule has 3 rings (SSSR count). The van der Waals surface area contributed by atoms with Crippen molar-refractivity contribution < 1.29 is 32.6 Å². The molecule has 1 amide bonds. The summed E-state index contributed by atoms with van der Waals surface area (Å²) in [5.41, 5.74) is 0.420. The number of carbonyl (C=O) groups excluding carboxylic acids is 1. The maximum absolute atomic E-state index is 12.7. The Morgan fingerprint density at radius 1 is 1.25 bits per heavy atom. The monoisotopic (exact) mass is 406 g/mol. The minimum absolute atomic E-state index is 0.0909. The molecule has 0 spiro atoms. The summed E-state index contributed by atoms with van der Waals surface area (Å²) in [5.74, 6) is -0.939. The van der Waals surface area contributed by atoms with E-state index in [4.69, 9.17) is 14.6 Å². The van der Waals surface area contributed by atoms with Crippen molar-refractivity contribution in [1.82, 2.24) is 0 Å². The SMILES string of the molecule is CCOc1ccc(NS(=O)(=O)c2ccc3c(c2)N(CC(=O)O)C(=O)CO3)cc1. The van der Waals surface area contributed by atoms with Crippen molar-refractivity contribution >= 4 is 33.3 Å². The largest absolute Gasteiger partial charge is 0.494 e. The number of benzene rings is 2. The van der Waals surface area contributed by atoms with E-state index in [2.05, 4.69) is 4.72 Å². The van der Waals surface area contributed by atoms with Gasteiger partial charge in [0.05, 0.1) is 17.2 Å². The van der Waals surface area contributed by atoms with Crippen molar-refractivity contribution in [1.29, 1.82) is 0 Å². The van der Waals surface area contributed by atoms with Crippen LogP contribution in [0.2, 0.25) is 0 Å². The lowest BCUT2D eigenvalue weighted by molar-refractivity contribution is -0.137. The molecule has 0 aliphatic carbocycles. The minimum Gasteiger partial charge on any atom is -0.494 e. The second-order valence-corrected chi connectivity index (χ2v) is 7.54. The van der Waals surface area contributed by atoms with E-state index in [1.807, 2.05) is 6.92 Å². The van der Waals surface area contributed by atoms with E-state index >= 15 is 0 Å². The van der Waals surface area contributed by atoms with Crippen LogP contribution in [-0.4, -0.2) is 45.2 Å². The Hall–Kier alpha value is -3.27. The lowest BCUT2D eigenvalue weighted by Crippen LogP contribution is -2.42. The van der Waals surface area contributed by atoms with Gasteiger partial charge in [-0.1, -0.05) is 0 Å². The number of aliphatic carboxylic acids is 1. The van der Waals surface area contributed by atoms with Gasteiger partial charge in [-0.2, -0.15) is 0 Å². The number of amides is 1. The third-order valence-corrected chi connectivity index (χ3v) is 5.27. The summed E-state index contributed by atoms with van der Waals surface area (Å²) >= 11 is 0. The highest BCUT2D eigenvalue weighted by atomic mass is 32.2. The normalized spacial score (nSPS) is 13.5. The molecule has 2 aromatic rings. The zero-order valence-corrected chi connectivity index (χ0v) is 15.7. The van der Waals surface area contributed by atoms with Crippen LogP contribution >= 0.6 is 0 Å². The first-order valence-electron chi connectivity index (χ1n) is 8.35. The van der Waals surface area contributed by atoms with E-state index < -0.39 is 28.4 Å². The quantitative estimate of drug-likeness (QED) is 0.717. The van der Waals surface area contributed by atoms with Gasteiger partial charge in [0.25, 0.3) is 15.9 Å². The predicted octanol–water partition coefficient (Wildman–Crippen LogP) is 1.70. The van der Waals surface area contributed by atoms with Crippen molar-refractivity contribution in [3.8, 4) is 11.5 Å². The number of hydrogen-bond acceptors (Lipinski definition) is 6. The summed E-state index contributed by atoms with van der Waals surface area (Å²) in [6, 6.07) is 10.3. The molecule has 28 heavy (non-hydrogen) atoms. The van der Waals surface area contributed by atoms with Gasteiger partial charge >= 0.3 is 5.97 Å². The standard InChI is InChI=1S/C18H18N2O7S/c1-2-26-13-5-3-12(4-6-13)19-28(24,25)14-7-8-16-15(9-14)20(10-18(22)23)17(21)11-27-16/h3-9,19H,2,10-11H2,1H3,(H,22,23). The van der Waals surface area contributed by atoms with E-state index in [1.54, 1.807) is 24.3 Å². The number of fused-ring (bicyclic) bond motifs is 1. The van der Waals surface area contributed by atoms with E-state index in [1.165, 1.54) is 18.2 Å². The third kappa shape index (κ3) is 4.17. The fourth-order valence-corrected chi connectivity index (χ4v) is 3.74. The van der Waals surface area contributed by atoms with Crippen LogP contribution in [0.15, 0.2) is 47.4 Å². The zero-order valence-electron chi connectivity index (χ0n) is 14.9. The van der Waals surface area contributed by atoms with Crippen molar-refractivity contribution in [2.75, 3.05) is 29.4 Å². The Morgan fingerprint density at radius 3 is 2.61 bits per heavy atom. The molecule has 2 aromatic carbocycles. The number of anilines is 2. The number of carboxylic acid groups (broad SMARTS) is 1. The topological polar surface area (TPSA) is 122 Å². The second-order valence-electron chi connectivity index (χ2n) is 5.85. The molecular weight excluding hydrogens is 388 g/mol. The molecule has 0 radical (unpaired) electrons. The molecule has 0 saturated heterocycles. The van der Waals surface area contributed by atoms with Crippen LogP contribution in [0.25, 0.3) is 0 Å². The molecule has 0 bridgehead atoms. The number of hydrogen-bond donors (Lipinski definition) is 2. The summed E-state index contributed by atoms with van der Waals surface area (Å²) in [5, 5.41) is 9.02. The summed E-state index contributed by atoms with van der Waals surface area (Å²) < 4.78 is 38.4. The summed E-state index contributed by atoms with van der Waals surface area (Å²) in [4.78, 5) is 23.9. The fraction of sp³-hybridized carbons (Fsp3) is 0.222. The zero-order chi connectivity index (χ0) is 20.3. The number of carboxylic acids is 1. The van der Waals surface area contributed by atoms with Crippen molar-refractivity contribution in [3.05, 3.63) is 42.5 Å². The first kappa shape index (κ1) is 19.5. The van der Waals surface area contributed by atoms with Crippen molar-refractivity contribution in [2.24, 2.45) is 0 Å². The third-order valence-electron chi connectivity index (χ3n) is 3.89. The first-order chi connectivity index (χ1) is 13.3. The average Bonchev–Trinajstić information content (AvgIpc) is 2.65. The molecule has 1 aliphatic rings. The van der Waals surface area contributed by atoms with Gasteiger partial charge in [0.15, 0.2) is 6.61 Å². The van der Waals surface area contributed by atoms with E-state index in [0.717, 1.165) is 4.90 Å². The predicted molar refractivity (Wildman–Crippen MR) is 100 cm³/mol. The van der Waals surface area contributed by atoms with E-state index in [-0.39, 0.29) is 22.9 Å². The van der Waals surface area contributed by atoms with Crippen LogP contribution in [0.1, 0.15) is 6.92 Å². The molecule has 2 N–H and O–H groups in total. The highest BCUT2D eigenvalue weighted by Gasteiger charge is 2.29. The highest BCUT2D eigenvalue weighted by Crippen LogP contribution is 2.34. The average molecular weight is 406 g/mol. The molecule has 9 nitrogen and oxygen atoms in total. The molecule has 0 aromatic heterocycles. The van der Waals surface area contributed by atoms with E-state index in [9.17, 15) is 18.0 Å². The van der Waals surface area contributed by atoms with Crippen LogP contribution in [0.5, 0.6) is 11.5 Å². The molecule has 0 saturated carbocycles. The van der Waals surface area contributed by atoms with Gasteiger partial charge in [-0.15, -0.1) is 0 Å². The Bertz CT molecular complexity index is 1000. The van der Waals surface area contributed by atoms with Crippen LogP contribution in [0, 0.1) is 0 Å². The Morgan fingerprint density at radius 2 is 1.96 bits per heavy atom. The fourth-order valence-electron chi connectivity index (χ4n) is 2.66. The number of ether oxygens (including phenoxy) is 2. The number of sulfonamides is 1. The maximum atomic E-state index is 12.7. The molecule has 0 fully saturated rings. The lowest BCUT2D eigenvalue weighted by atomic mass is 10.2. The minimum atomic E-state index is -3.97. The van der Waals surface area contributed by atoms with Gasteiger partial charge in [-0.3, -0.25) is 19.2 Å². The lowest BCUT2D eigenvalue weighted by Gasteiger charge is -2.28. The summed E-state index contributed by atoms with van der Waals surface area (Å²) in [6.45, 7) is 1.43. The highest BCUT2D eigenvalue weighted by molar-refractivity contribution is 7.92. The molecule has 1 heterocycles. The Balaban J connectivity index is 1.89. The van der Waals surface area contributed by atoms with Gasteiger partial charge in [0.2, 0.25) is 0 Å². The number of carbonyl (C=O) groups is 2. The number of rotatable bonds is 7. The summed E-state index contributed by atoms with van der Waals surface area (Å²) in [7, 11) is -3.97. The number of nitrogens with zero attached hydrogens (tertiary/aromatic N) is 1. The van der Waals surface area contributed by atoms with Crippen LogP contribution in [0.4, 0.5) is 11.4 Å². The van der Waals surface area contributed by atoms with Gasteiger partial charge in [0, 0.05) is 5.69 Å². The molecule has 0 atom stereocenters. The smallest absolute Gasteiger partial charge is 0.323 e. The van der Waals surface area contributed by atoms with Crippen LogP contribution in [0.3, 0.4) is 0 Å². The number of nitrogens with one attached hydrogen (secondary N) is 1.